The zero-order chi connectivity index (χ0) is 20.9. The maximum absolute atomic E-state index is 12.5. The third kappa shape index (κ3) is 4.52. The number of hydrogen-bond acceptors (Lipinski definition) is 7. The van der Waals surface area contributed by atoms with Crippen LogP contribution >= 0.6 is 23.4 Å². The number of carbonyl (C=O) groups excluding carboxylic acids is 1. The number of nitrogens with one attached hydrogen (secondary N) is 1. The van der Waals surface area contributed by atoms with Gasteiger partial charge in [0.1, 0.15) is 11.5 Å². The maximum atomic E-state index is 12.5. The molecule has 0 aliphatic heterocycles. The number of carbonyl (C=O) groups is 1. The standard InChI is InChI=1S/C20H17ClN6O2S/c1-13-15(21)5-2-6-16(13)24-18(28)12-30-20-26-25-19(17-10-22-7-8-23-17)27(20)11-14-4-3-9-29-14/h2-10H,11-12H2,1H3,(H,24,28). The molecule has 0 saturated carbocycles. The van der Waals surface area contributed by atoms with Gasteiger partial charge >= 0.3 is 0 Å². The zero-order valence-corrected chi connectivity index (χ0v) is 17.5. The Morgan fingerprint density at radius 2 is 2.13 bits per heavy atom. The summed E-state index contributed by atoms with van der Waals surface area (Å²) in [7, 11) is 0. The van der Waals surface area contributed by atoms with E-state index < -0.39 is 0 Å². The minimum absolute atomic E-state index is 0.155. The molecule has 4 aromatic rings. The summed E-state index contributed by atoms with van der Waals surface area (Å²) in [6.45, 7) is 2.27. The van der Waals surface area contributed by atoms with Crippen LogP contribution in [0.1, 0.15) is 11.3 Å². The van der Waals surface area contributed by atoms with Crippen molar-refractivity contribution < 1.29 is 9.21 Å². The van der Waals surface area contributed by atoms with Crippen molar-refractivity contribution in [2.75, 3.05) is 11.1 Å². The van der Waals surface area contributed by atoms with Gasteiger partial charge in [-0.1, -0.05) is 29.4 Å². The lowest BCUT2D eigenvalue weighted by Gasteiger charge is -2.10. The summed E-state index contributed by atoms with van der Waals surface area (Å²) in [6, 6.07) is 9.08. The highest BCUT2D eigenvalue weighted by atomic mass is 35.5. The van der Waals surface area contributed by atoms with E-state index in [9.17, 15) is 4.79 Å². The van der Waals surface area contributed by atoms with Crippen molar-refractivity contribution in [1.82, 2.24) is 24.7 Å². The Morgan fingerprint density at radius 1 is 1.23 bits per heavy atom. The van der Waals surface area contributed by atoms with Crippen LogP contribution in [0, 0.1) is 6.92 Å². The molecule has 0 fully saturated rings. The van der Waals surface area contributed by atoms with Gasteiger partial charge in [-0.25, -0.2) is 4.98 Å². The fourth-order valence-electron chi connectivity index (χ4n) is 2.76. The smallest absolute Gasteiger partial charge is 0.234 e. The summed E-state index contributed by atoms with van der Waals surface area (Å²) in [5.41, 5.74) is 2.09. The number of aromatic nitrogens is 5. The molecule has 8 nitrogen and oxygen atoms in total. The number of halogens is 1. The normalized spacial score (nSPS) is 10.9. The van der Waals surface area contributed by atoms with Gasteiger partial charge in [0.25, 0.3) is 0 Å². The minimum atomic E-state index is -0.168. The lowest BCUT2D eigenvalue weighted by atomic mass is 10.2. The second-order valence-electron chi connectivity index (χ2n) is 6.31. The second-order valence-corrected chi connectivity index (χ2v) is 7.66. The first-order valence-corrected chi connectivity index (χ1v) is 10.4. The molecule has 0 aliphatic rings. The van der Waals surface area contributed by atoms with Crippen molar-refractivity contribution in [3.8, 4) is 11.5 Å². The molecule has 1 aromatic carbocycles. The van der Waals surface area contributed by atoms with Crippen LogP contribution in [0.5, 0.6) is 0 Å². The highest BCUT2D eigenvalue weighted by Gasteiger charge is 2.18. The van der Waals surface area contributed by atoms with Gasteiger partial charge in [0, 0.05) is 23.1 Å². The van der Waals surface area contributed by atoms with Gasteiger partial charge in [-0.15, -0.1) is 10.2 Å². The van der Waals surface area contributed by atoms with Crippen LogP contribution in [0.25, 0.3) is 11.5 Å². The van der Waals surface area contributed by atoms with Gasteiger partial charge in [-0.3, -0.25) is 14.3 Å². The van der Waals surface area contributed by atoms with E-state index in [1.807, 2.05) is 29.7 Å². The van der Waals surface area contributed by atoms with Gasteiger partial charge in [-0.2, -0.15) is 0 Å². The van der Waals surface area contributed by atoms with Crippen molar-refractivity contribution in [1.29, 1.82) is 0 Å². The summed E-state index contributed by atoms with van der Waals surface area (Å²) in [5, 5.41) is 12.6. The largest absolute Gasteiger partial charge is 0.467 e. The van der Waals surface area contributed by atoms with E-state index in [1.165, 1.54) is 11.8 Å². The Bertz CT molecular complexity index is 1150. The average Bonchev–Trinajstić information content (AvgIpc) is 3.41. The first kappa shape index (κ1) is 20.1. The van der Waals surface area contributed by atoms with Gasteiger partial charge in [0.15, 0.2) is 11.0 Å². The fraction of sp³-hybridized carbons (Fsp3) is 0.150. The molecule has 3 aromatic heterocycles. The van der Waals surface area contributed by atoms with Crippen molar-refractivity contribution in [2.24, 2.45) is 0 Å². The average molecular weight is 441 g/mol. The third-order valence-corrected chi connectivity index (χ3v) is 5.65. The van der Waals surface area contributed by atoms with E-state index in [1.54, 1.807) is 37.0 Å². The van der Waals surface area contributed by atoms with E-state index in [0.717, 1.165) is 11.3 Å². The molecule has 0 unspecified atom stereocenters. The Balaban J connectivity index is 1.52. The Kier molecular flexibility index (Phi) is 6.10. The summed E-state index contributed by atoms with van der Waals surface area (Å²) in [4.78, 5) is 20.9. The highest BCUT2D eigenvalue weighted by molar-refractivity contribution is 7.99. The van der Waals surface area contributed by atoms with Crippen LogP contribution in [-0.2, 0) is 11.3 Å². The van der Waals surface area contributed by atoms with E-state index in [2.05, 4.69) is 25.5 Å². The number of furan rings is 1. The number of amides is 1. The fourth-order valence-corrected chi connectivity index (χ4v) is 3.67. The lowest BCUT2D eigenvalue weighted by molar-refractivity contribution is -0.113. The molecular formula is C20H17ClN6O2S. The summed E-state index contributed by atoms with van der Waals surface area (Å²) in [5.74, 6) is 1.27. The molecule has 4 rings (SSSR count). The highest BCUT2D eigenvalue weighted by Crippen LogP contribution is 2.26. The second kappa shape index (κ2) is 9.10. The molecule has 0 bridgehead atoms. The summed E-state index contributed by atoms with van der Waals surface area (Å²) >= 11 is 7.40. The number of thioether (sulfide) groups is 1. The zero-order valence-electron chi connectivity index (χ0n) is 15.9. The van der Waals surface area contributed by atoms with Gasteiger partial charge in [0.05, 0.1) is 24.8 Å². The van der Waals surface area contributed by atoms with Crippen molar-refractivity contribution >= 4 is 35.0 Å². The SMILES string of the molecule is Cc1c(Cl)cccc1NC(=O)CSc1nnc(-c2cnccn2)n1Cc1ccco1. The molecule has 1 N–H and O–H groups in total. The van der Waals surface area contributed by atoms with Crippen LogP contribution in [0.2, 0.25) is 5.02 Å². The van der Waals surface area contributed by atoms with E-state index in [4.69, 9.17) is 16.0 Å². The Morgan fingerprint density at radius 3 is 2.90 bits per heavy atom. The monoisotopic (exact) mass is 440 g/mol. The minimum Gasteiger partial charge on any atom is -0.467 e. The Hall–Kier alpha value is -3.17. The molecule has 0 atom stereocenters. The number of benzene rings is 1. The lowest BCUT2D eigenvalue weighted by Crippen LogP contribution is -2.15. The quantitative estimate of drug-likeness (QED) is 0.432. The molecule has 0 radical (unpaired) electrons. The van der Waals surface area contributed by atoms with Crippen molar-refractivity contribution in [3.63, 3.8) is 0 Å². The molecule has 30 heavy (non-hydrogen) atoms. The number of nitrogens with zero attached hydrogens (tertiary/aromatic N) is 5. The molecule has 152 valence electrons. The molecule has 0 aliphatic carbocycles. The molecule has 10 heteroatoms. The van der Waals surface area contributed by atoms with Crippen molar-refractivity contribution in [3.05, 3.63) is 71.5 Å². The van der Waals surface area contributed by atoms with Gasteiger partial charge < -0.3 is 9.73 Å². The van der Waals surface area contributed by atoms with Gasteiger partial charge in [0.2, 0.25) is 5.91 Å². The third-order valence-electron chi connectivity index (χ3n) is 4.28. The topological polar surface area (TPSA) is 98.7 Å². The van der Waals surface area contributed by atoms with Crippen LogP contribution in [0.3, 0.4) is 0 Å². The number of hydrogen-bond donors (Lipinski definition) is 1. The first-order valence-electron chi connectivity index (χ1n) is 9.01. The number of anilines is 1. The molecular weight excluding hydrogens is 424 g/mol. The summed E-state index contributed by atoms with van der Waals surface area (Å²) in [6.07, 6.45) is 6.41. The van der Waals surface area contributed by atoms with Crippen LogP contribution in [-0.4, -0.2) is 36.4 Å². The molecule has 0 saturated heterocycles. The molecule has 0 spiro atoms. The maximum Gasteiger partial charge on any atom is 0.234 e. The van der Waals surface area contributed by atoms with Gasteiger partial charge in [-0.05, 0) is 36.8 Å². The van der Waals surface area contributed by atoms with Crippen LogP contribution < -0.4 is 5.32 Å². The Labute approximate surface area is 181 Å². The van der Waals surface area contributed by atoms with E-state index >= 15 is 0 Å². The molecule has 3 heterocycles. The van der Waals surface area contributed by atoms with E-state index in [-0.39, 0.29) is 11.7 Å². The van der Waals surface area contributed by atoms with Crippen LogP contribution in [0.4, 0.5) is 5.69 Å². The predicted octanol–water partition coefficient (Wildman–Crippen LogP) is 4.07. The van der Waals surface area contributed by atoms with Crippen molar-refractivity contribution in [2.45, 2.75) is 18.6 Å². The number of rotatable bonds is 7. The molecule has 1 amide bonds. The van der Waals surface area contributed by atoms with Crippen LogP contribution in [0.15, 0.2) is 64.8 Å². The van der Waals surface area contributed by atoms with E-state index in [0.29, 0.717) is 33.9 Å². The first-order chi connectivity index (χ1) is 14.6. The summed E-state index contributed by atoms with van der Waals surface area (Å²) < 4.78 is 7.32. The predicted molar refractivity (Wildman–Crippen MR) is 114 cm³/mol.